The van der Waals surface area contributed by atoms with E-state index in [-0.39, 0.29) is 12.8 Å². The number of hydrogen-bond donors (Lipinski definition) is 6. The van der Waals surface area contributed by atoms with Crippen molar-refractivity contribution in [3.05, 3.63) is 0 Å². The van der Waals surface area contributed by atoms with Gasteiger partial charge >= 0.3 is 19.8 Å². The van der Waals surface area contributed by atoms with E-state index in [1.807, 2.05) is 0 Å². The Bertz CT molecular complexity index is 1050. The van der Waals surface area contributed by atoms with Crippen molar-refractivity contribution < 1.29 is 63.1 Å². The first-order valence-corrected chi connectivity index (χ1v) is 25.3. The molecule has 1 saturated carbocycles. The van der Waals surface area contributed by atoms with E-state index in [0.29, 0.717) is 12.8 Å². The highest BCUT2D eigenvalue weighted by Gasteiger charge is 2.51. The van der Waals surface area contributed by atoms with E-state index in [9.17, 15) is 44.6 Å². The molecule has 0 aromatic carbocycles. The van der Waals surface area contributed by atoms with Crippen LogP contribution in [0.1, 0.15) is 219 Å². The summed E-state index contributed by atoms with van der Waals surface area (Å²) in [5, 5.41) is 50.1. The molecule has 0 amide bonds. The zero-order chi connectivity index (χ0) is 43.6. The summed E-state index contributed by atoms with van der Waals surface area (Å²) in [6.07, 6.45) is 22.9. The Kier molecular flexibility index (Phi) is 34.4. The Labute approximate surface area is 357 Å². The highest BCUT2D eigenvalue weighted by Crippen LogP contribution is 2.47. The summed E-state index contributed by atoms with van der Waals surface area (Å²) in [5.74, 6) is -1.08. The van der Waals surface area contributed by atoms with Gasteiger partial charge in [-0.1, -0.05) is 194 Å². The van der Waals surface area contributed by atoms with E-state index >= 15 is 0 Å². The van der Waals surface area contributed by atoms with Crippen LogP contribution >= 0.6 is 7.82 Å². The maximum atomic E-state index is 12.8. The third-order valence-electron chi connectivity index (χ3n) is 11.4. The highest BCUT2D eigenvalue weighted by molar-refractivity contribution is 7.47. The maximum Gasteiger partial charge on any atom is 0.472 e. The molecule has 6 atom stereocenters. The number of rotatable bonds is 40. The summed E-state index contributed by atoms with van der Waals surface area (Å²) >= 11 is 0. The van der Waals surface area contributed by atoms with E-state index < -0.39 is 75.7 Å². The molecule has 0 radical (unpaired) electrons. The third-order valence-corrected chi connectivity index (χ3v) is 12.4. The van der Waals surface area contributed by atoms with Crippen LogP contribution in [0.2, 0.25) is 0 Å². The Morgan fingerprint density at radius 1 is 0.458 bits per heavy atom. The minimum Gasteiger partial charge on any atom is -0.462 e. The minimum absolute atomic E-state index is 0.105. The van der Waals surface area contributed by atoms with Gasteiger partial charge in [0.1, 0.15) is 43.2 Å². The quantitative estimate of drug-likeness (QED) is 0.0193. The van der Waals surface area contributed by atoms with Crippen LogP contribution in [0.4, 0.5) is 0 Å². The highest BCUT2D eigenvalue weighted by atomic mass is 31.2. The molecule has 1 rings (SSSR count). The smallest absolute Gasteiger partial charge is 0.462 e. The summed E-state index contributed by atoms with van der Waals surface area (Å²) in [5.41, 5.74) is 0. The second-order valence-corrected chi connectivity index (χ2v) is 18.4. The molecule has 350 valence electrons. The summed E-state index contributed by atoms with van der Waals surface area (Å²) in [6, 6.07) is 0. The van der Waals surface area contributed by atoms with Crippen LogP contribution in [-0.2, 0) is 32.7 Å². The minimum atomic E-state index is -5.11. The summed E-state index contributed by atoms with van der Waals surface area (Å²) < 4.78 is 33.6. The van der Waals surface area contributed by atoms with Gasteiger partial charge in [0, 0.05) is 12.8 Å². The average molecular weight is 867 g/mol. The Morgan fingerprint density at radius 2 is 0.763 bits per heavy atom. The van der Waals surface area contributed by atoms with E-state index in [2.05, 4.69) is 13.8 Å². The first-order chi connectivity index (χ1) is 28.4. The van der Waals surface area contributed by atoms with Gasteiger partial charge in [-0.2, -0.15) is 0 Å². The Morgan fingerprint density at radius 3 is 1.12 bits per heavy atom. The molecule has 0 aromatic heterocycles. The first-order valence-electron chi connectivity index (χ1n) is 23.8. The second-order valence-electron chi connectivity index (χ2n) is 17.0. The molecule has 14 heteroatoms. The number of hydrogen-bond acceptors (Lipinski definition) is 12. The number of carbonyl (C=O) groups is 2. The molecule has 1 aliphatic carbocycles. The number of carbonyl (C=O) groups excluding carboxylic acids is 2. The van der Waals surface area contributed by atoms with Crippen molar-refractivity contribution in [1.82, 2.24) is 0 Å². The molecule has 59 heavy (non-hydrogen) atoms. The van der Waals surface area contributed by atoms with Crippen LogP contribution in [0.25, 0.3) is 0 Å². The van der Waals surface area contributed by atoms with Crippen molar-refractivity contribution in [2.24, 2.45) is 0 Å². The summed E-state index contributed by atoms with van der Waals surface area (Å²) in [6.45, 7) is 3.33. The maximum absolute atomic E-state index is 12.8. The van der Waals surface area contributed by atoms with Crippen molar-refractivity contribution in [3.8, 4) is 0 Å². The largest absolute Gasteiger partial charge is 0.472 e. The zero-order valence-electron chi connectivity index (χ0n) is 37.1. The van der Waals surface area contributed by atoms with Gasteiger partial charge in [-0.25, -0.2) is 4.57 Å². The van der Waals surface area contributed by atoms with Gasteiger partial charge in [0.15, 0.2) is 6.10 Å². The lowest BCUT2D eigenvalue weighted by Gasteiger charge is -2.41. The predicted molar refractivity (Wildman–Crippen MR) is 231 cm³/mol. The van der Waals surface area contributed by atoms with Crippen molar-refractivity contribution in [1.29, 1.82) is 0 Å². The van der Waals surface area contributed by atoms with Crippen LogP contribution in [0, 0.1) is 0 Å². The summed E-state index contributed by atoms with van der Waals surface area (Å²) in [7, 11) is -5.11. The number of aliphatic hydroxyl groups excluding tert-OH is 5. The molecule has 5 unspecified atom stereocenters. The lowest BCUT2D eigenvalue weighted by atomic mass is 9.85. The molecule has 0 aromatic rings. The SMILES string of the molecule is CCCCCCCCCCCCCCCCCC(=O)OC[C@H](COP(=O)(O)OC1C(O)C(O)C(O)C(O)C1O)OC(=O)CCCCCCCCCCCCCCCCC. The fourth-order valence-corrected chi connectivity index (χ4v) is 8.56. The van der Waals surface area contributed by atoms with E-state index in [1.54, 1.807) is 0 Å². The van der Waals surface area contributed by atoms with Gasteiger partial charge in [0.05, 0.1) is 6.61 Å². The van der Waals surface area contributed by atoms with Crippen LogP contribution in [0.15, 0.2) is 0 Å². The zero-order valence-corrected chi connectivity index (χ0v) is 38.0. The lowest BCUT2D eigenvalue weighted by molar-refractivity contribution is -0.220. The van der Waals surface area contributed by atoms with Crippen LogP contribution < -0.4 is 0 Å². The van der Waals surface area contributed by atoms with Gasteiger partial charge in [-0.15, -0.1) is 0 Å². The third kappa shape index (κ3) is 29.0. The van der Waals surface area contributed by atoms with Gasteiger partial charge in [0.2, 0.25) is 0 Å². The molecule has 0 aliphatic heterocycles. The number of ether oxygens (including phenoxy) is 2. The Balaban J connectivity index is 2.43. The van der Waals surface area contributed by atoms with Crippen LogP contribution in [-0.4, -0.2) is 98.3 Å². The molecule has 6 N–H and O–H groups in total. The van der Waals surface area contributed by atoms with Crippen molar-refractivity contribution in [2.45, 2.75) is 262 Å². The van der Waals surface area contributed by atoms with Crippen molar-refractivity contribution in [3.63, 3.8) is 0 Å². The van der Waals surface area contributed by atoms with Crippen LogP contribution in [0.3, 0.4) is 0 Å². The monoisotopic (exact) mass is 867 g/mol. The standard InChI is InChI=1S/C45H87O13P/c1-3-5-7-9-11-13-15-17-19-21-23-25-27-29-31-33-38(46)55-35-37(36-56-59(53,54)58-45-43(51)41(49)40(48)42(50)44(45)52)57-39(47)34-32-30-28-26-24-22-20-18-16-14-12-10-8-6-4-2/h37,40-45,48-52H,3-36H2,1-2H3,(H,53,54)/t37-,40?,41?,42?,43?,44?,45?/m1/s1. The molecule has 0 spiro atoms. The van der Waals surface area contributed by atoms with E-state index in [1.165, 1.54) is 141 Å². The van der Waals surface area contributed by atoms with Gasteiger partial charge in [0.25, 0.3) is 0 Å². The van der Waals surface area contributed by atoms with E-state index in [0.717, 1.165) is 38.5 Å². The fourth-order valence-electron chi connectivity index (χ4n) is 7.58. The number of phosphoric acid groups is 1. The molecule has 0 heterocycles. The topological polar surface area (TPSA) is 210 Å². The Hall–Kier alpha value is -1.15. The second kappa shape index (κ2) is 36.3. The average Bonchev–Trinajstić information content (AvgIpc) is 3.21. The molecular weight excluding hydrogens is 779 g/mol. The predicted octanol–water partition coefficient (Wildman–Crippen LogP) is 9.28. The fraction of sp³-hybridized carbons (Fsp3) is 0.956. The van der Waals surface area contributed by atoms with Gasteiger partial charge in [-0.05, 0) is 12.8 Å². The molecule has 1 fully saturated rings. The molecule has 0 bridgehead atoms. The number of esters is 2. The van der Waals surface area contributed by atoms with Crippen LogP contribution in [0.5, 0.6) is 0 Å². The lowest BCUT2D eigenvalue weighted by Crippen LogP contribution is -2.64. The van der Waals surface area contributed by atoms with Gasteiger partial charge in [-0.3, -0.25) is 18.6 Å². The first kappa shape index (κ1) is 55.9. The number of aliphatic hydroxyl groups is 5. The van der Waals surface area contributed by atoms with Crippen molar-refractivity contribution in [2.75, 3.05) is 13.2 Å². The molecule has 0 saturated heterocycles. The molecule has 1 aliphatic rings. The molecule has 13 nitrogen and oxygen atoms in total. The normalized spacial score (nSPS) is 22.2. The molecular formula is C45H87O13P. The van der Waals surface area contributed by atoms with Gasteiger partial charge < -0.3 is 39.9 Å². The van der Waals surface area contributed by atoms with Crippen molar-refractivity contribution >= 4 is 19.8 Å². The van der Waals surface area contributed by atoms with E-state index in [4.69, 9.17) is 18.5 Å². The summed E-state index contributed by atoms with van der Waals surface area (Å²) in [4.78, 5) is 35.7. The number of unbranched alkanes of at least 4 members (excludes halogenated alkanes) is 28. The number of phosphoric ester groups is 1.